The second-order valence-electron chi connectivity index (χ2n) is 13.1. The first-order chi connectivity index (χ1) is 25.0. The van der Waals surface area contributed by atoms with Crippen LogP contribution >= 0.6 is 11.3 Å². The van der Waals surface area contributed by atoms with Crippen LogP contribution in [0.25, 0.3) is 0 Å². The average molecular weight is 733 g/mol. The van der Waals surface area contributed by atoms with E-state index in [0.29, 0.717) is 12.2 Å². The zero-order chi connectivity index (χ0) is 37.2. The third kappa shape index (κ3) is 10.4. The molecule has 0 unspecified atom stereocenters. The number of ether oxygens (including phenoxy) is 1. The number of hydrogen-bond acceptors (Lipinski definition) is 9. The lowest BCUT2D eigenvalue weighted by Gasteiger charge is -2.30. The number of carbonyl (C=O) groups is 6. The summed E-state index contributed by atoms with van der Waals surface area (Å²) >= 11 is 1.46. The van der Waals surface area contributed by atoms with Crippen LogP contribution in [0.15, 0.2) is 71.4 Å². The number of fused-ring (bicyclic) bond motifs is 16. The van der Waals surface area contributed by atoms with Crippen LogP contribution in [-0.4, -0.2) is 101 Å². The van der Waals surface area contributed by atoms with Crippen molar-refractivity contribution in [2.24, 2.45) is 0 Å². The number of rotatable bonds is 6. The molecule has 15 heteroatoms. The summed E-state index contributed by atoms with van der Waals surface area (Å²) in [5, 5.41) is 27.9. The van der Waals surface area contributed by atoms with Crippen LogP contribution in [0.5, 0.6) is 5.75 Å². The van der Waals surface area contributed by atoms with Crippen molar-refractivity contribution in [3.05, 3.63) is 88.1 Å². The predicted octanol–water partition coefficient (Wildman–Crippen LogP) is 0.225. The number of nitrogens with zero attached hydrogens (tertiary/aromatic N) is 1. The maximum absolute atomic E-state index is 14.4. The molecule has 6 amide bonds. The fourth-order valence-corrected chi connectivity index (χ4v) is 6.85. The maximum Gasteiger partial charge on any atom is 0.258 e. The summed E-state index contributed by atoms with van der Waals surface area (Å²) in [4.78, 5) is 82.1. The molecule has 3 aliphatic heterocycles. The van der Waals surface area contributed by atoms with E-state index in [0.717, 1.165) is 16.7 Å². The third-order valence-corrected chi connectivity index (χ3v) is 9.67. The van der Waals surface area contributed by atoms with E-state index in [4.69, 9.17) is 4.74 Å². The fraction of sp³-hybridized carbons (Fsp3) is 0.405. The zero-order valence-electron chi connectivity index (χ0n) is 29.0. The molecule has 6 N–H and O–H groups in total. The number of benzene rings is 2. The first-order valence-electron chi connectivity index (χ1n) is 17.2. The molecule has 6 rings (SSSR count). The number of carbonyl (C=O) groups excluding carboxylic acids is 6. The normalized spacial score (nSPS) is 24.2. The lowest BCUT2D eigenvalue weighted by Crippen LogP contribution is -2.60. The molecule has 2 bridgehead atoms. The molecule has 0 spiro atoms. The Hall–Kier alpha value is -5.28. The molecule has 0 aliphatic carbocycles. The molecule has 276 valence electrons. The van der Waals surface area contributed by atoms with Crippen molar-refractivity contribution in [3.8, 4) is 5.75 Å². The molecule has 3 aromatic rings. The summed E-state index contributed by atoms with van der Waals surface area (Å²) in [7, 11) is 0. The molecule has 1 saturated heterocycles. The predicted molar refractivity (Wildman–Crippen MR) is 192 cm³/mol. The Morgan fingerprint density at radius 2 is 1.71 bits per heavy atom. The highest BCUT2D eigenvalue weighted by Crippen LogP contribution is 2.22. The van der Waals surface area contributed by atoms with Gasteiger partial charge in [0.25, 0.3) is 5.91 Å². The van der Waals surface area contributed by atoms with Gasteiger partial charge in [-0.25, -0.2) is 0 Å². The molecule has 0 saturated carbocycles. The highest BCUT2D eigenvalue weighted by molar-refractivity contribution is 7.08. The van der Waals surface area contributed by atoms with Gasteiger partial charge in [-0.3, -0.25) is 28.8 Å². The standard InChI is InChI=1S/C37H44N6O8S/c1-22-34(47)38-14-12-24-8-10-28(11-9-24)51-20-32(46)41-29(16-25-6-4-3-5-7-25)37(50)43-19-27(40-31(45)17-26-13-15-52-21-26)18-30(43)35(48)42-33(23(2)44)36(49)39-22/h3-11,13,15,21-23,27,29-30,33,44H,12,14,16-20H2,1-2H3,(H,38,47)(H,39,49)(H,40,45)(H,41,46)(H,42,48)/t22-,23+,27-,29-,30-,33-/m0/s1. The van der Waals surface area contributed by atoms with Crippen molar-refractivity contribution in [2.75, 3.05) is 19.7 Å². The highest BCUT2D eigenvalue weighted by Gasteiger charge is 2.44. The third-order valence-electron chi connectivity index (χ3n) is 8.93. The number of aliphatic hydroxyl groups excluding tert-OH is 1. The monoisotopic (exact) mass is 732 g/mol. The van der Waals surface area contributed by atoms with E-state index < -0.39 is 65.8 Å². The van der Waals surface area contributed by atoms with E-state index in [1.165, 1.54) is 30.1 Å². The Balaban J connectivity index is 1.44. The van der Waals surface area contributed by atoms with Gasteiger partial charge in [-0.1, -0.05) is 42.5 Å². The van der Waals surface area contributed by atoms with Gasteiger partial charge in [-0.05, 0) is 72.3 Å². The minimum atomic E-state index is -1.47. The van der Waals surface area contributed by atoms with Gasteiger partial charge in [0.15, 0.2) is 6.61 Å². The van der Waals surface area contributed by atoms with Crippen molar-refractivity contribution >= 4 is 46.8 Å². The molecule has 1 fully saturated rings. The summed E-state index contributed by atoms with van der Waals surface area (Å²) in [6, 6.07) is 12.5. The van der Waals surface area contributed by atoms with Gasteiger partial charge < -0.3 is 41.3 Å². The minimum absolute atomic E-state index is 0.00498. The molecule has 14 nitrogen and oxygen atoms in total. The molecular formula is C37H44N6O8S. The second-order valence-corrected chi connectivity index (χ2v) is 13.8. The summed E-state index contributed by atoms with van der Waals surface area (Å²) in [6.07, 6.45) is -0.680. The lowest BCUT2D eigenvalue weighted by atomic mass is 10.0. The Kier molecular flexibility index (Phi) is 13.0. The van der Waals surface area contributed by atoms with Gasteiger partial charge in [0.1, 0.15) is 29.9 Å². The molecule has 52 heavy (non-hydrogen) atoms. The molecule has 6 atom stereocenters. The summed E-state index contributed by atoms with van der Waals surface area (Å²) in [5.41, 5.74) is 2.47. The topological polar surface area (TPSA) is 195 Å². The van der Waals surface area contributed by atoms with E-state index in [2.05, 4.69) is 26.6 Å². The number of aliphatic hydroxyl groups is 1. The molecule has 0 radical (unpaired) electrons. The van der Waals surface area contributed by atoms with E-state index in [1.807, 2.05) is 35.0 Å². The number of amides is 6. The zero-order valence-corrected chi connectivity index (χ0v) is 29.8. The number of hydrogen-bond donors (Lipinski definition) is 6. The van der Waals surface area contributed by atoms with Crippen LogP contribution in [-0.2, 0) is 48.0 Å². The summed E-state index contributed by atoms with van der Waals surface area (Å²) in [5.74, 6) is -3.03. The first kappa shape index (κ1) is 38.0. The molecular weight excluding hydrogens is 689 g/mol. The lowest BCUT2D eigenvalue weighted by molar-refractivity contribution is -0.143. The highest BCUT2D eigenvalue weighted by atomic mass is 32.1. The van der Waals surface area contributed by atoms with Crippen molar-refractivity contribution in [3.63, 3.8) is 0 Å². The molecule has 3 aliphatic rings. The largest absolute Gasteiger partial charge is 0.484 e. The van der Waals surface area contributed by atoms with E-state index >= 15 is 0 Å². The Bertz CT molecular complexity index is 1720. The van der Waals surface area contributed by atoms with E-state index in [-0.39, 0.29) is 44.9 Å². The van der Waals surface area contributed by atoms with Crippen LogP contribution in [0.4, 0.5) is 0 Å². The number of thiophene rings is 1. The van der Waals surface area contributed by atoms with Crippen molar-refractivity contribution in [1.82, 2.24) is 31.5 Å². The quantitative estimate of drug-likeness (QED) is 0.194. The first-order valence-corrected chi connectivity index (χ1v) is 18.1. The average Bonchev–Trinajstić information content (AvgIpc) is 3.79. The van der Waals surface area contributed by atoms with Crippen molar-refractivity contribution in [2.45, 2.75) is 75.8 Å². The number of nitrogens with one attached hydrogen (secondary N) is 5. The van der Waals surface area contributed by atoms with Crippen LogP contribution in [0.1, 0.15) is 37.0 Å². The summed E-state index contributed by atoms with van der Waals surface area (Å²) < 4.78 is 5.72. The van der Waals surface area contributed by atoms with E-state index in [9.17, 15) is 33.9 Å². The minimum Gasteiger partial charge on any atom is -0.484 e. The van der Waals surface area contributed by atoms with Gasteiger partial charge >= 0.3 is 0 Å². The van der Waals surface area contributed by atoms with Crippen LogP contribution < -0.4 is 31.3 Å². The van der Waals surface area contributed by atoms with Crippen LogP contribution in [0, 0.1) is 0 Å². The van der Waals surface area contributed by atoms with Gasteiger partial charge in [0.2, 0.25) is 29.5 Å². The van der Waals surface area contributed by atoms with Crippen LogP contribution in [0.2, 0.25) is 0 Å². The molecule has 2 aromatic carbocycles. The summed E-state index contributed by atoms with van der Waals surface area (Å²) in [6.45, 7) is 2.64. The van der Waals surface area contributed by atoms with Gasteiger partial charge in [-0.15, -0.1) is 0 Å². The SMILES string of the molecule is C[C@@H]1NC(=O)[C@H]([C@@H](C)O)NC(=O)[C@@H]2C[C@H](NC(=O)Cc3ccsc3)CN2C(=O)[C@H](Cc2ccccc2)NC(=O)COc2ccc(cc2)CCNC1=O. The maximum atomic E-state index is 14.4. The van der Waals surface area contributed by atoms with Gasteiger partial charge in [0, 0.05) is 25.6 Å². The fourth-order valence-electron chi connectivity index (χ4n) is 6.18. The molecule has 1 aromatic heterocycles. The smallest absolute Gasteiger partial charge is 0.258 e. The van der Waals surface area contributed by atoms with E-state index in [1.54, 1.807) is 36.4 Å². The Labute approximate surface area is 305 Å². The van der Waals surface area contributed by atoms with Crippen molar-refractivity contribution < 1.29 is 38.6 Å². The van der Waals surface area contributed by atoms with Crippen LogP contribution in [0.3, 0.4) is 0 Å². The van der Waals surface area contributed by atoms with Gasteiger partial charge in [-0.2, -0.15) is 11.3 Å². The Morgan fingerprint density at radius 1 is 0.962 bits per heavy atom. The second kappa shape index (κ2) is 17.8. The molecule has 4 heterocycles. The van der Waals surface area contributed by atoms with Gasteiger partial charge in [0.05, 0.1) is 12.5 Å². The Morgan fingerprint density at radius 3 is 2.40 bits per heavy atom. The van der Waals surface area contributed by atoms with Crippen molar-refractivity contribution in [1.29, 1.82) is 0 Å².